The largest absolute Gasteiger partial charge is 0.128 e. The van der Waals surface area contributed by atoms with Gasteiger partial charge in [-0.15, -0.1) is 0 Å². The van der Waals surface area contributed by atoms with Gasteiger partial charge in [0, 0.05) is 0 Å². The Kier molecular flexibility index (Phi) is 8.20. The van der Waals surface area contributed by atoms with Crippen molar-refractivity contribution in [2.24, 2.45) is 0 Å². The third-order valence-electron chi connectivity index (χ3n) is 17.9. The molecule has 6 aliphatic rings. The van der Waals surface area contributed by atoms with Crippen molar-refractivity contribution in [1.82, 2.24) is 0 Å². The van der Waals surface area contributed by atoms with Gasteiger partial charge in [0.25, 0.3) is 0 Å². The van der Waals surface area contributed by atoms with Gasteiger partial charge in [-0.05, 0) is 180 Å². The van der Waals surface area contributed by atoms with Gasteiger partial charge in [-0.25, -0.2) is 0 Å². The van der Waals surface area contributed by atoms with Crippen LogP contribution in [0.3, 0.4) is 0 Å². The highest BCUT2D eigenvalue weighted by Gasteiger charge is 2.53. The maximum absolute atomic E-state index is 2.50. The van der Waals surface area contributed by atoms with E-state index in [-0.39, 0.29) is 0 Å². The van der Waals surface area contributed by atoms with Gasteiger partial charge < -0.3 is 0 Å². The van der Waals surface area contributed by atoms with Crippen LogP contribution >= 0.6 is 0 Å². The topological polar surface area (TPSA) is 0 Å². The standard InChI is InChI=1S/C69H48Si2/c1-2-14-50-42-70(41-49(50)13-1)65-23-11-7-19-57(65)59-37-45(31-35-67(59)70)25-27-47-29-33-55-56-34-30-48(40-64(56)69(63(55)39-47)61-21-9-5-17-53(61)54-18-6-10-22-62(54)69)28-26-46-32-36-68-60(38-46)58-20-8-12-24-66(58)71(68)43-51-15-3-4-16-52(51)44-71/h1-40H,41-44H2/b27-25+,28-26+. The minimum Gasteiger partial charge on any atom is -0.0623 e. The van der Waals surface area contributed by atoms with Crippen LogP contribution in [-0.2, 0) is 29.6 Å². The van der Waals surface area contributed by atoms with Crippen molar-refractivity contribution in [2.45, 2.75) is 29.6 Å². The molecule has 0 saturated carbocycles. The van der Waals surface area contributed by atoms with E-state index in [0.29, 0.717) is 0 Å². The van der Waals surface area contributed by atoms with Gasteiger partial charge in [0.1, 0.15) is 16.1 Å². The van der Waals surface area contributed by atoms with Crippen molar-refractivity contribution in [3.8, 4) is 44.5 Å². The minimum atomic E-state index is -1.93. The average Bonchev–Trinajstić information content (AvgIpc) is 4.27. The van der Waals surface area contributed by atoms with Gasteiger partial charge in [0.15, 0.2) is 0 Å². The van der Waals surface area contributed by atoms with E-state index in [2.05, 4.69) is 243 Å². The van der Waals surface area contributed by atoms with Crippen LogP contribution in [0.25, 0.3) is 68.8 Å². The summed E-state index contributed by atoms with van der Waals surface area (Å²) in [5, 5.41) is 6.46. The van der Waals surface area contributed by atoms with Crippen LogP contribution in [0.5, 0.6) is 0 Å². The highest BCUT2D eigenvalue weighted by Crippen LogP contribution is 2.63. The first kappa shape index (κ1) is 39.9. The van der Waals surface area contributed by atoms with E-state index in [4.69, 9.17) is 0 Å². The molecule has 2 heteroatoms. The molecule has 0 amide bonds. The van der Waals surface area contributed by atoms with Crippen molar-refractivity contribution in [3.63, 3.8) is 0 Å². The molecule has 71 heavy (non-hydrogen) atoms. The van der Waals surface area contributed by atoms with Crippen molar-refractivity contribution in [2.75, 3.05) is 0 Å². The van der Waals surface area contributed by atoms with Crippen LogP contribution in [0, 0.1) is 0 Å². The molecular weight excluding hydrogens is 885 g/mol. The molecule has 0 saturated heterocycles. The predicted octanol–water partition coefficient (Wildman–Crippen LogP) is 13.2. The maximum atomic E-state index is 2.50. The lowest BCUT2D eigenvalue weighted by molar-refractivity contribution is 0.793. The Morgan fingerprint density at radius 2 is 0.563 bits per heavy atom. The Balaban J connectivity index is 0.777. The molecule has 332 valence electrons. The predicted molar refractivity (Wildman–Crippen MR) is 302 cm³/mol. The summed E-state index contributed by atoms with van der Waals surface area (Å²) < 4.78 is 0. The monoisotopic (exact) mass is 932 g/mol. The molecule has 0 atom stereocenters. The lowest BCUT2D eigenvalue weighted by Gasteiger charge is -2.30. The zero-order valence-corrected chi connectivity index (χ0v) is 41.4. The van der Waals surface area contributed by atoms with Crippen molar-refractivity contribution in [3.05, 3.63) is 285 Å². The Morgan fingerprint density at radius 1 is 0.254 bits per heavy atom. The molecule has 0 aromatic heterocycles. The van der Waals surface area contributed by atoms with E-state index >= 15 is 0 Å². The van der Waals surface area contributed by atoms with E-state index in [9.17, 15) is 0 Å². The van der Waals surface area contributed by atoms with Crippen LogP contribution < -0.4 is 20.7 Å². The lowest BCUT2D eigenvalue weighted by atomic mass is 9.70. The molecule has 0 nitrogen and oxygen atoms in total. The third-order valence-corrected chi connectivity index (χ3v) is 27.7. The summed E-state index contributed by atoms with van der Waals surface area (Å²) in [5.41, 5.74) is 27.3. The first-order chi connectivity index (χ1) is 35.1. The highest BCUT2D eigenvalue weighted by molar-refractivity contribution is 7.06. The Morgan fingerprint density at radius 3 is 0.986 bits per heavy atom. The van der Waals surface area contributed by atoms with Gasteiger partial charge in [-0.2, -0.15) is 0 Å². The summed E-state index contributed by atoms with van der Waals surface area (Å²) in [6, 6.07) is 89.3. The molecule has 4 heterocycles. The number of benzene rings is 10. The van der Waals surface area contributed by atoms with E-state index in [0.717, 1.165) is 0 Å². The van der Waals surface area contributed by atoms with Crippen LogP contribution in [0.1, 0.15) is 66.8 Å². The van der Waals surface area contributed by atoms with Crippen molar-refractivity contribution >= 4 is 61.2 Å². The van der Waals surface area contributed by atoms with Gasteiger partial charge in [0.2, 0.25) is 0 Å². The molecule has 0 unspecified atom stereocenters. The second-order valence-corrected chi connectivity index (χ2v) is 29.1. The van der Waals surface area contributed by atoms with Crippen molar-refractivity contribution in [1.29, 1.82) is 0 Å². The fraction of sp³-hybridized carbons (Fsp3) is 0.0725. The summed E-state index contributed by atoms with van der Waals surface area (Å²) >= 11 is 0. The highest BCUT2D eigenvalue weighted by atomic mass is 28.3. The average molecular weight is 933 g/mol. The second kappa shape index (κ2) is 14.6. The smallest absolute Gasteiger partial charge is 0.0623 e. The van der Waals surface area contributed by atoms with Crippen LogP contribution in [0.15, 0.2) is 218 Å². The maximum Gasteiger partial charge on any atom is 0.128 e. The zero-order chi connectivity index (χ0) is 46.5. The van der Waals surface area contributed by atoms with E-state index in [1.165, 1.54) is 113 Å². The molecule has 3 spiro atoms. The molecule has 2 aliphatic carbocycles. The Labute approximate surface area is 418 Å². The third kappa shape index (κ3) is 5.39. The molecule has 10 aromatic carbocycles. The van der Waals surface area contributed by atoms with Gasteiger partial charge in [-0.3, -0.25) is 0 Å². The summed E-state index contributed by atoms with van der Waals surface area (Å²) in [7, 11) is -3.86. The van der Waals surface area contributed by atoms with Crippen LogP contribution in [-0.4, -0.2) is 16.1 Å². The summed E-state index contributed by atoms with van der Waals surface area (Å²) in [4.78, 5) is 0. The second-order valence-electron chi connectivity index (χ2n) is 21.2. The number of rotatable bonds is 4. The Bertz CT molecular complexity index is 3720. The quantitative estimate of drug-likeness (QED) is 0.122. The molecule has 10 aromatic rings. The lowest BCUT2D eigenvalue weighted by Crippen LogP contribution is -2.57. The summed E-state index contributed by atoms with van der Waals surface area (Å²) in [5.74, 6) is 0. The first-order valence-electron chi connectivity index (χ1n) is 25.6. The van der Waals surface area contributed by atoms with Crippen molar-refractivity contribution < 1.29 is 0 Å². The number of fused-ring (bicyclic) bond motifs is 22. The molecular formula is C69H48Si2. The van der Waals surface area contributed by atoms with Gasteiger partial charge in [-0.1, -0.05) is 218 Å². The molecule has 0 N–H and O–H groups in total. The summed E-state index contributed by atoms with van der Waals surface area (Å²) in [6.45, 7) is 0. The summed E-state index contributed by atoms with van der Waals surface area (Å²) in [6.07, 6.45) is 9.40. The van der Waals surface area contributed by atoms with Crippen LogP contribution in [0.4, 0.5) is 0 Å². The fourth-order valence-corrected chi connectivity index (χ4v) is 25.8. The zero-order valence-electron chi connectivity index (χ0n) is 39.4. The molecule has 0 bridgehead atoms. The van der Waals surface area contributed by atoms with Gasteiger partial charge in [0.05, 0.1) is 5.41 Å². The van der Waals surface area contributed by atoms with E-state index < -0.39 is 21.6 Å². The minimum absolute atomic E-state index is 0.435. The van der Waals surface area contributed by atoms with E-state index in [1.807, 2.05) is 0 Å². The molecule has 0 radical (unpaired) electrons. The molecule has 0 fully saturated rings. The van der Waals surface area contributed by atoms with E-state index in [1.54, 1.807) is 43.0 Å². The first-order valence-corrected chi connectivity index (χ1v) is 30.4. The van der Waals surface area contributed by atoms with Gasteiger partial charge >= 0.3 is 0 Å². The SMILES string of the molecule is C(=C\c1ccc2c(c1)C1(c3ccccc3-c3ccccc31)c1cc(/C=C/c3ccc4c(c3)-c3ccccc3[Si]43Cc4ccccc4C3)ccc1-2)/c1ccc2c(c1)-c1ccccc1[Si]21Cc2ccccc2C1. The molecule has 16 rings (SSSR count). The Hall–Kier alpha value is -7.89. The number of hydrogen-bond donors (Lipinski definition) is 0. The number of hydrogen-bond acceptors (Lipinski definition) is 0. The van der Waals surface area contributed by atoms with Crippen LogP contribution in [0.2, 0.25) is 0 Å². The fourth-order valence-electron chi connectivity index (χ4n) is 14.9. The molecule has 4 aliphatic heterocycles. The normalized spacial score (nSPS) is 16.5.